The number of nitro groups is 1. The lowest BCUT2D eigenvalue weighted by Gasteiger charge is -2.07. The van der Waals surface area contributed by atoms with E-state index in [1.54, 1.807) is 6.92 Å². The van der Waals surface area contributed by atoms with E-state index in [-0.39, 0.29) is 28.4 Å². The first-order valence-electron chi connectivity index (χ1n) is 7.22. The van der Waals surface area contributed by atoms with Crippen molar-refractivity contribution in [1.29, 1.82) is 0 Å². The predicted octanol–water partition coefficient (Wildman–Crippen LogP) is 3.36. The summed E-state index contributed by atoms with van der Waals surface area (Å²) in [5.74, 6) is -0.926. The van der Waals surface area contributed by atoms with Crippen molar-refractivity contribution in [2.75, 3.05) is 11.1 Å². The number of nitro benzene ring substituents is 1. The Balaban J connectivity index is 2.02. The van der Waals surface area contributed by atoms with Gasteiger partial charge in [0.25, 0.3) is 5.69 Å². The van der Waals surface area contributed by atoms with Crippen molar-refractivity contribution >= 4 is 38.7 Å². The number of aryl methyl sites for hydroxylation is 1. The molecule has 0 unspecified atom stereocenters. The number of hydrogen-bond donors (Lipinski definition) is 1. The third-order valence-electron chi connectivity index (χ3n) is 3.46. The van der Waals surface area contributed by atoms with Crippen LogP contribution in [-0.4, -0.2) is 25.0 Å². The second-order valence-corrected chi connectivity index (χ2v) is 7.87. The molecule has 25 heavy (non-hydrogen) atoms. The smallest absolute Gasteiger partial charge is 0.274 e. The molecule has 2 aromatic rings. The van der Waals surface area contributed by atoms with E-state index in [0.29, 0.717) is 10.6 Å². The Morgan fingerprint density at radius 3 is 2.44 bits per heavy atom. The number of benzene rings is 2. The number of hydrogen-bond acceptors (Lipinski definition) is 5. The maximum absolute atomic E-state index is 12.2. The van der Waals surface area contributed by atoms with E-state index in [2.05, 4.69) is 5.32 Å². The average Bonchev–Trinajstić information content (AvgIpc) is 2.55. The third kappa shape index (κ3) is 5.01. The van der Waals surface area contributed by atoms with E-state index in [0.717, 1.165) is 0 Å². The van der Waals surface area contributed by atoms with E-state index < -0.39 is 20.7 Å². The van der Waals surface area contributed by atoms with Gasteiger partial charge in [-0.15, -0.1) is 0 Å². The normalized spacial score (nSPS) is 11.1. The van der Waals surface area contributed by atoms with Gasteiger partial charge in [-0.3, -0.25) is 14.9 Å². The van der Waals surface area contributed by atoms with Gasteiger partial charge in [-0.05, 0) is 37.3 Å². The second kappa shape index (κ2) is 7.62. The van der Waals surface area contributed by atoms with Crippen LogP contribution in [0, 0.1) is 17.0 Å². The maximum Gasteiger partial charge on any atom is 0.274 e. The second-order valence-electron chi connectivity index (χ2n) is 5.33. The fraction of sp³-hybridized carbons (Fsp3) is 0.188. The Labute approximate surface area is 149 Å². The molecular formula is C16H15ClN2O5S. The minimum absolute atomic E-state index is 0.0793. The first-order valence-corrected chi connectivity index (χ1v) is 9.25. The van der Waals surface area contributed by atoms with Crippen LogP contribution in [0.4, 0.5) is 11.4 Å². The first-order chi connectivity index (χ1) is 11.7. The highest BCUT2D eigenvalue weighted by molar-refractivity contribution is 7.91. The summed E-state index contributed by atoms with van der Waals surface area (Å²) in [7, 11) is -3.62. The Bertz CT molecular complexity index is 911. The van der Waals surface area contributed by atoms with Crippen molar-refractivity contribution in [3.8, 4) is 0 Å². The van der Waals surface area contributed by atoms with Crippen molar-refractivity contribution in [1.82, 2.24) is 0 Å². The molecule has 1 amide bonds. The number of halogens is 1. The fourth-order valence-electron chi connectivity index (χ4n) is 2.09. The molecule has 0 spiro atoms. The lowest BCUT2D eigenvalue weighted by atomic mass is 10.2. The molecule has 0 aromatic heterocycles. The van der Waals surface area contributed by atoms with E-state index in [4.69, 9.17) is 11.6 Å². The first kappa shape index (κ1) is 18.9. The molecule has 0 aliphatic carbocycles. The number of amides is 1. The van der Waals surface area contributed by atoms with Gasteiger partial charge in [-0.1, -0.05) is 17.7 Å². The lowest BCUT2D eigenvalue weighted by Crippen LogP contribution is -2.17. The maximum atomic E-state index is 12.2. The lowest BCUT2D eigenvalue weighted by molar-refractivity contribution is -0.385. The van der Waals surface area contributed by atoms with Gasteiger partial charge >= 0.3 is 0 Å². The summed E-state index contributed by atoms with van der Waals surface area (Å²) < 4.78 is 24.4. The number of rotatable bonds is 6. The molecule has 0 fully saturated rings. The number of nitrogens with zero attached hydrogens (tertiary/aromatic N) is 1. The Morgan fingerprint density at radius 2 is 1.84 bits per heavy atom. The number of nitrogens with one attached hydrogen (secondary N) is 1. The molecule has 0 heterocycles. The van der Waals surface area contributed by atoms with Crippen LogP contribution >= 0.6 is 11.6 Å². The molecule has 132 valence electrons. The van der Waals surface area contributed by atoms with Gasteiger partial charge in [-0.25, -0.2) is 8.42 Å². The van der Waals surface area contributed by atoms with Crippen molar-refractivity contribution in [3.63, 3.8) is 0 Å². The molecule has 0 aliphatic heterocycles. The van der Waals surface area contributed by atoms with Crippen LogP contribution in [0.15, 0.2) is 47.4 Å². The minimum Gasteiger partial charge on any atom is -0.326 e. The molecule has 0 radical (unpaired) electrons. The standard InChI is InChI=1S/C16H15ClN2O5S/c1-11-2-5-13(10-15(11)19(21)22)18-16(20)8-9-25(23,24)14-6-3-12(17)4-7-14/h2-7,10H,8-9H2,1H3,(H,18,20). The van der Waals surface area contributed by atoms with Crippen molar-refractivity contribution in [2.45, 2.75) is 18.2 Å². The predicted molar refractivity (Wildman–Crippen MR) is 94.6 cm³/mol. The zero-order chi connectivity index (χ0) is 18.6. The van der Waals surface area contributed by atoms with Gasteiger partial charge in [0, 0.05) is 28.8 Å². The highest BCUT2D eigenvalue weighted by atomic mass is 35.5. The number of anilines is 1. The molecule has 0 aliphatic rings. The van der Waals surface area contributed by atoms with Gasteiger partial charge < -0.3 is 5.32 Å². The molecule has 0 saturated heterocycles. The van der Waals surface area contributed by atoms with Gasteiger partial charge in [-0.2, -0.15) is 0 Å². The molecular weight excluding hydrogens is 368 g/mol. The SMILES string of the molecule is Cc1ccc(NC(=O)CCS(=O)(=O)c2ccc(Cl)cc2)cc1[N+](=O)[O-]. The van der Waals surface area contributed by atoms with E-state index in [1.165, 1.54) is 42.5 Å². The van der Waals surface area contributed by atoms with Crippen LogP contribution in [0.5, 0.6) is 0 Å². The van der Waals surface area contributed by atoms with Gasteiger partial charge in [0.1, 0.15) is 0 Å². The van der Waals surface area contributed by atoms with Crippen molar-refractivity contribution < 1.29 is 18.1 Å². The summed E-state index contributed by atoms with van der Waals surface area (Å²) >= 11 is 5.72. The summed E-state index contributed by atoms with van der Waals surface area (Å²) in [4.78, 5) is 22.4. The van der Waals surface area contributed by atoms with E-state index in [9.17, 15) is 23.3 Å². The molecule has 2 aromatic carbocycles. The van der Waals surface area contributed by atoms with Crippen molar-refractivity contribution in [2.24, 2.45) is 0 Å². The highest BCUT2D eigenvalue weighted by Crippen LogP contribution is 2.22. The van der Waals surface area contributed by atoms with Crippen LogP contribution in [0.1, 0.15) is 12.0 Å². The molecule has 0 bridgehead atoms. The highest BCUT2D eigenvalue weighted by Gasteiger charge is 2.17. The topological polar surface area (TPSA) is 106 Å². The third-order valence-corrected chi connectivity index (χ3v) is 5.44. The quantitative estimate of drug-likeness (QED) is 0.609. The van der Waals surface area contributed by atoms with Crippen LogP contribution < -0.4 is 5.32 Å². The van der Waals surface area contributed by atoms with E-state index in [1.807, 2.05) is 0 Å². The van der Waals surface area contributed by atoms with Crippen molar-refractivity contribution in [3.05, 3.63) is 63.2 Å². The van der Waals surface area contributed by atoms with Crippen LogP contribution in [0.3, 0.4) is 0 Å². The summed E-state index contributed by atoms with van der Waals surface area (Å²) in [6, 6.07) is 9.94. The molecule has 0 saturated carbocycles. The average molecular weight is 383 g/mol. The largest absolute Gasteiger partial charge is 0.326 e. The van der Waals surface area contributed by atoms with Crippen LogP contribution in [-0.2, 0) is 14.6 Å². The monoisotopic (exact) mass is 382 g/mol. The number of carbonyl (C=O) groups excluding carboxylic acids is 1. The summed E-state index contributed by atoms with van der Waals surface area (Å²) in [5.41, 5.74) is 0.589. The Kier molecular flexibility index (Phi) is 5.76. The molecule has 2 rings (SSSR count). The van der Waals surface area contributed by atoms with Gasteiger partial charge in [0.05, 0.1) is 15.6 Å². The molecule has 7 nitrogen and oxygen atoms in total. The zero-order valence-corrected chi connectivity index (χ0v) is 14.8. The summed E-state index contributed by atoms with van der Waals surface area (Å²) in [5, 5.41) is 13.8. The van der Waals surface area contributed by atoms with Gasteiger partial charge in [0.2, 0.25) is 5.91 Å². The molecule has 0 atom stereocenters. The molecule has 9 heteroatoms. The fourth-order valence-corrected chi connectivity index (χ4v) is 3.46. The Hall–Kier alpha value is -2.45. The van der Waals surface area contributed by atoms with Gasteiger partial charge in [0.15, 0.2) is 9.84 Å². The van der Waals surface area contributed by atoms with E-state index >= 15 is 0 Å². The molecule has 1 N–H and O–H groups in total. The Morgan fingerprint density at radius 1 is 1.20 bits per heavy atom. The zero-order valence-electron chi connectivity index (χ0n) is 13.2. The number of sulfone groups is 1. The summed E-state index contributed by atoms with van der Waals surface area (Å²) in [6.45, 7) is 1.59. The minimum atomic E-state index is -3.62. The van der Waals surface area contributed by atoms with Crippen LogP contribution in [0.25, 0.3) is 0 Å². The van der Waals surface area contributed by atoms with Crippen LogP contribution in [0.2, 0.25) is 5.02 Å². The summed E-state index contributed by atoms with van der Waals surface area (Å²) in [6.07, 6.45) is -0.271. The number of carbonyl (C=O) groups is 1.